The monoisotopic (exact) mass is 234 g/mol. The average molecular weight is 234 g/mol. The molecule has 1 saturated heterocycles. The summed E-state index contributed by atoms with van der Waals surface area (Å²) >= 11 is 0. The lowest BCUT2D eigenvalue weighted by Gasteiger charge is -2.29. The maximum atomic E-state index is 5.71. The molecule has 0 amide bonds. The van der Waals surface area contributed by atoms with Crippen LogP contribution < -0.4 is 10.1 Å². The molecule has 1 unspecified atom stereocenters. The summed E-state index contributed by atoms with van der Waals surface area (Å²) in [7, 11) is 0. The van der Waals surface area contributed by atoms with Crippen LogP contribution in [0.25, 0.3) is 0 Å². The van der Waals surface area contributed by atoms with Gasteiger partial charge in [0, 0.05) is 12.3 Å². The fourth-order valence-electron chi connectivity index (χ4n) is 2.40. The third kappa shape index (κ3) is 3.70. The quantitative estimate of drug-likeness (QED) is 0.868. The molecule has 17 heavy (non-hydrogen) atoms. The van der Waals surface area contributed by atoms with Gasteiger partial charge in [0.2, 0.25) is 5.88 Å². The van der Waals surface area contributed by atoms with Crippen molar-refractivity contribution >= 4 is 0 Å². The highest BCUT2D eigenvalue weighted by Crippen LogP contribution is 2.22. The first-order valence-electron chi connectivity index (χ1n) is 6.52. The van der Waals surface area contributed by atoms with Crippen LogP contribution in [0.5, 0.6) is 5.88 Å². The van der Waals surface area contributed by atoms with Gasteiger partial charge in [0.05, 0.1) is 6.61 Å². The van der Waals surface area contributed by atoms with Gasteiger partial charge in [-0.15, -0.1) is 0 Å². The SMILES string of the molecule is Cc1ccnc(OCCC2CCNC[C@H]2C)c1. The van der Waals surface area contributed by atoms with Crippen molar-refractivity contribution in [2.24, 2.45) is 11.8 Å². The number of piperidine rings is 1. The highest BCUT2D eigenvalue weighted by Gasteiger charge is 2.20. The Bertz CT molecular complexity index is 354. The van der Waals surface area contributed by atoms with Crippen LogP contribution in [-0.4, -0.2) is 24.7 Å². The molecule has 0 radical (unpaired) electrons. The molecule has 3 nitrogen and oxygen atoms in total. The zero-order chi connectivity index (χ0) is 12.1. The second-order valence-electron chi connectivity index (χ2n) is 5.04. The summed E-state index contributed by atoms with van der Waals surface area (Å²) in [5, 5.41) is 3.43. The molecule has 1 aromatic rings. The first-order valence-corrected chi connectivity index (χ1v) is 6.52. The second-order valence-corrected chi connectivity index (χ2v) is 5.04. The lowest BCUT2D eigenvalue weighted by Crippen LogP contribution is -2.35. The molecule has 0 bridgehead atoms. The van der Waals surface area contributed by atoms with Crippen LogP contribution in [0.4, 0.5) is 0 Å². The summed E-state index contributed by atoms with van der Waals surface area (Å²) in [5.74, 6) is 2.31. The van der Waals surface area contributed by atoms with Crippen LogP contribution in [0.15, 0.2) is 18.3 Å². The molecule has 94 valence electrons. The first-order chi connectivity index (χ1) is 8.25. The number of nitrogens with one attached hydrogen (secondary N) is 1. The minimum atomic E-state index is 0.756. The lowest BCUT2D eigenvalue weighted by molar-refractivity contribution is 0.203. The third-order valence-corrected chi connectivity index (χ3v) is 3.59. The van der Waals surface area contributed by atoms with Gasteiger partial charge in [-0.3, -0.25) is 0 Å². The van der Waals surface area contributed by atoms with E-state index in [1.54, 1.807) is 6.20 Å². The Morgan fingerprint density at radius 1 is 1.53 bits per heavy atom. The number of rotatable bonds is 4. The largest absolute Gasteiger partial charge is 0.478 e. The maximum Gasteiger partial charge on any atom is 0.213 e. The van der Waals surface area contributed by atoms with E-state index in [0.29, 0.717) is 0 Å². The Morgan fingerprint density at radius 3 is 3.18 bits per heavy atom. The molecule has 0 saturated carbocycles. The number of hydrogen-bond acceptors (Lipinski definition) is 3. The Balaban J connectivity index is 1.75. The summed E-state index contributed by atoms with van der Waals surface area (Å²) in [6.45, 7) is 7.46. The lowest BCUT2D eigenvalue weighted by atomic mass is 9.86. The molecular weight excluding hydrogens is 212 g/mol. The van der Waals surface area contributed by atoms with E-state index < -0.39 is 0 Å². The molecule has 1 aliphatic rings. The number of hydrogen-bond donors (Lipinski definition) is 1. The van der Waals surface area contributed by atoms with E-state index in [1.165, 1.54) is 12.0 Å². The van der Waals surface area contributed by atoms with Crippen molar-refractivity contribution in [2.75, 3.05) is 19.7 Å². The molecule has 0 aromatic carbocycles. The average Bonchev–Trinajstić information content (AvgIpc) is 2.32. The highest BCUT2D eigenvalue weighted by molar-refractivity contribution is 5.18. The highest BCUT2D eigenvalue weighted by atomic mass is 16.5. The van der Waals surface area contributed by atoms with E-state index in [4.69, 9.17) is 4.74 Å². The van der Waals surface area contributed by atoms with E-state index in [2.05, 4.69) is 24.1 Å². The topological polar surface area (TPSA) is 34.1 Å². The molecule has 2 heterocycles. The summed E-state index contributed by atoms with van der Waals surface area (Å²) in [5.41, 5.74) is 1.20. The van der Waals surface area contributed by atoms with Crippen molar-refractivity contribution in [3.63, 3.8) is 0 Å². The van der Waals surface area contributed by atoms with E-state index in [-0.39, 0.29) is 0 Å². The molecule has 2 rings (SSSR count). The molecule has 1 aromatic heterocycles. The van der Waals surface area contributed by atoms with Crippen LogP contribution >= 0.6 is 0 Å². The number of ether oxygens (including phenoxy) is 1. The third-order valence-electron chi connectivity index (χ3n) is 3.59. The summed E-state index contributed by atoms with van der Waals surface area (Å²) in [6.07, 6.45) is 4.21. The van der Waals surface area contributed by atoms with Crippen molar-refractivity contribution in [1.29, 1.82) is 0 Å². The predicted octanol–water partition coefficient (Wildman–Crippen LogP) is 2.40. The molecular formula is C14H22N2O. The van der Waals surface area contributed by atoms with Gasteiger partial charge >= 0.3 is 0 Å². The van der Waals surface area contributed by atoms with Crippen molar-refractivity contribution < 1.29 is 4.74 Å². The smallest absolute Gasteiger partial charge is 0.213 e. The van der Waals surface area contributed by atoms with Crippen molar-refractivity contribution in [1.82, 2.24) is 10.3 Å². The second kappa shape index (κ2) is 6.01. The van der Waals surface area contributed by atoms with Crippen LogP contribution in [-0.2, 0) is 0 Å². The predicted molar refractivity (Wildman–Crippen MR) is 69.2 cm³/mol. The van der Waals surface area contributed by atoms with E-state index in [1.807, 2.05) is 12.1 Å². The van der Waals surface area contributed by atoms with Gasteiger partial charge in [-0.2, -0.15) is 0 Å². The van der Waals surface area contributed by atoms with Gasteiger partial charge in [-0.25, -0.2) is 4.98 Å². The summed E-state index contributed by atoms with van der Waals surface area (Å²) in [6, 6.07) is 3.98. The minimum absolute atomic E-state index is 0.756. The molecule has 1 aliphatic heterocycles. The normalized spacial score (nSPS) is 24.6. The van der Waals surface area contributed by atoms with Crippen molar-refractivity contribution in [3.8, 4) is 5.88 Å². The molecule has 0 spiro atoms. The van der Waals surface area contributed by atoms with Crippen molar-refractivity contribution in [2.45, 2.75) is 26.7 Å². The molecule has 3 heteroatoms. The number of aromatic nitrogens is 1. The number of aryl methyl sites for hydroxylation is 1. The van der Waals surface area contributed by atoms with Crippen LogP contribution in [0, 0.1) is 18.8 Å². The minimum Gasteiger partial charge on any atom is -0.478 e. The van der Waals surface area contributed by atoms with E-state index in [0.717, 1.165) is 43.8 Å². The Hall–Kier alpha value is -1.09. The standard InChI is InChI=1S/C14H22N2O/c1-11-3-7-16-14(9-11)17-8-5-13-4-6-15-10-12(13)2/h3,7,9,12-13,15H,4-6,8,10H2,1-2H3/t12-,13?/m1/s1. The number of pyridine rings is 1. The molecule has 0 aliphatic carbocycles. The van der Waals surface area contributed by atoms with Crippen LogP contribution in [0.2, 0.25) is 0 Å². The first kappa shape index (κ1) is 12.4. The molecule has 2 atom stereocenters. The molecule has 1 N–H and O–H groups in total. The zero-order valence-electron chi connectivity index (χ0n) is 10.8. The molecule has 1 fully saturated rings. The Morgan fingerprint density at radius 2 is 2.41 bits per heavy atom. The summed E-state index contributed by atoms with van der Waals surface area (Å²) < 4.78 is 5.71. The Labute approximate surface area is 104 Å². The van der Waals surface area contributed by atoms with Crippen molar-refractivity contribution in [3.05, 3.63) is 23.9 Å². The van der Waals surface area contributed by atoms with E-state index >= 15 is 0 Å². The maximum absolute atomic E-state index is 5.71. The number of nitrogens with zero attached hydrogens (tertiary/aromatic N) is 1. The summed E-state index contributed by atoms with van der Waals surface area (Å²) in [4.78, 5) is 4.21. The van der Waals surface area contributed by atoms with Gasteiger partial charge in [0.1, 0.15) is 0 Å². The van der Waals surface area contributed by atoms with Crippen LogP contribution in [0.1, 0.15) is 25.3 Å². The van der Waals surface area contributed by atoms with Gasteiger partial charge in [-0.1, -0.05) is 6.92 Å². The zero-order valence-corrected chi connectivity index (χ0v) is 10.8. The van der Waals surface area contributed by atoms with Crippen LogP contribution in [0.3, 0.4) is 0 Å². The van der Waals surface area contributed by atoms with Gasteiger partial charge in [0.25, 0.3) is 0 Å². The fourth-order valence-corrected chi connectivity index (χ4v) is 2.40. The Kier molecular flexibility index (Phi) is 4.37. The fraction of sp³-hybridized carbons (Fsp3) is 0.643. The van der Waals surface area contributed by atoms with E-state index in [9.17, 15) is 0 Å². The van der Waals surface area contributed by atoms with Gasteiger partial charge in [0.15, 0.2) is 0 Å². The van der Waals surface area contributed by atoms with Gasteiger partial charge < -0.3 is 10.1 Å². The van der Waals surface area contributed by atoms with Gasteiger partial charge in [-0.05, 0) is 56.3 Å².